The van der Waals surface area contributed by atoms with Crippen molar-refractivity contribution in [3.63, 3.8) is 0 Å². The Morgan fingerprint density at radius 1 is 1.29 bits per heavy atom. The van der Waals surface area contributed by atoms with E-state index in [1.807, 2.05) is 13.8 Å². The van der Waals surface area contributed by atoms with Crippen molar-refractivity contribution in [1.29, 1.82) is 0 Å². The maximum Gasteiger partial charge on any atom is 0.0643 e. The number of nitrogens with one attached hydrogen (secondary N) is 1. The lowest BCUT2D eigenvalue weighted by Crippen LogP contribution is -2.50. The average Bonchev–Trinajstić information content (AvgIpc) is 2.17. The fraction of sp³-hybridized carbons (Fsp3) is 0.833. The smallest absolute Gasteiger partial charge is 0.0643 e. The monoisotopic (exact) mass is 197 g/mol. The van der Waals surface area contributed by atoms with Crippen LogP contribution in [-0.2, 0) is 4.74 Å². The molecule has 0 spiro atoms. The molecular formula is C12H23NO. The number of hydrogen-bond donors (Lipinski definition) is 1. The van der Waals surface area contributed by atoms with Gasteiger partial charge in [-0.1, -0.05) is 25.5 Å². The van der Waals surface area contributed by atoms with Crippen LogP contribution in [0.5, 0.6) is 0 Å². The second-order valence-electron chi connectivity index (χ2n) is 3.92. The Bertz CT molecular complexity index is 185. The molecule has 1 heterocycles. The van der Waals surface area contributed by atoms with Crippen molar-refractivity contribution in [2.75, 3.05) is 13.2 Å². The highest BCUT2D eigenvalue weighted by molar-refractivity contribution is 5.05. The minimum Gasteiger partial charge on any atom is -0.378 e. The molecule has 0 amide bonds. The number of ether oxygens (including phenoxy) is 1. The third-order valence-corrected chi connectivity index (χ3v) is 2.75. The van der Waals surface area contributed by atoms with Gasteiger partial charge in [0.15, 0.2) is 0 Å². The Hall–Kier alpha value is -0.340. The quantitative estimate of drug-likeness (QED) is 0.687. The summed E-state index contributed by atoms with van der Waals surface area (Å²) < 4.78 is 5.12. The first-order chi connectivity index (χ1) is 6.84. The van der Waals surface area contributed by atoms with Crippen molar-refractivity contribution >= 4 is 0 Å². The van der Waals surface area contributed by atoms with Gasteiger partial charge in [0.1, 0.15) is 0 Å². The van der Waals surface area contributed by atoms with E-state index in [9.17, 15) is 0 Å². The minimum atomic E-state index is 0.641. The number of allylic oxidation sites excluding steroid dienone is 1. The fourth-order valence-electron chi connectivity index (χ4n) is 1.78. The highest BCUT2D eigenvalue weighted by Gasteiger charge is 2.22. The van der Waals surface area contributed by atoms with Gasteiger partial charge < -0.3 is 10.1 Å². The van der Waals surface area contributed by atoms with E-state index in [0.717, 1.165) is 13.2 Å². The molecule has 2 rings (SSSR count). The lowest BCUT2D eigenvalue weighted by atomic mass is 9.95. The van der Waals surface area contributed by atoms with E-state index in [1.165, 1.54) is 19.3 Å². The average molecular weight is 197 g/mol. The van der Waals surface area contributed by atoms with Gasteiger partial charge >= 0.3 is 0 Å². The van der Waals surface area contributed by atoms with Crippen LogP contribution in [0.1, 0.15) is 40.0 Å². The second kappa shape index (κ2) is 6.20. The normalized spacial score (nSPS) is 27.1. The van der Waals surface area contributed by atoms with Crippen molar-refractivity contribution in [2.45, 2.75) is 52.1 Å². The van der Waals surface area contributed by atoms with E-state index in [1.54, 1.807) is 5.57 Å². The van der Waals surface area contributed by atoms with Gasteiger partial charge in [0.05, 0.1) is 19.3 Å². The predicted octanol–water partition coefficient (Wildman–Crippen LogP) is 2.50. The van der Waals surface area contributed by atoms with Crippen LogP contribution in [0.3, 0.4) is 0 Å². The molecule has 14 heavy (non-hydrogen) atoms. The predicted molar refractivity (Wildman–Crippen MR) is 60.5 cm³/mol. The molecule has 1 aliphatic carbocycles. The summed E-state index contributed by atoms with van der Waals surface area (Å²) in [6.07, 6.45) is 6.15. The Kier molecular flexibility index (Phi) is 5.20. The molecule has 0 radical (unpaired) electrons. The molecule has 2 aliphatic rings. The number of rotatable bonds is 2. The number of hydrogen-bond acceptors (Lipinski definition) is 2. The van der Waals surface area contributed by atoms with Crippen molar-refractivity contribution < 1.29 is 4.74 Å². The molecule has 0 saturated carbocycles. The van der Waals surface area contributed by atoms with Crippen molar-refractivity contribution in [3.8, 4) is 0 Å². The van der Waals surface area contributed by atoms with Crippen LogP contribution in [-0.4, -0.2) is 25.3 Å². The lowest BCUT2D eigenvalue weighted by Gasteiger charge is -2.32. The molecule has 1 fully saturated rings. The maximum atomic E-state index is 5.12. The standard InChI is InChI=1S/C10H17NO.C2H6/c1-8-2-4-9(5-3-8)11-10-6-12-7-10;1-2/h2,9-11H,3-7H2,1H3;1-2H3. The van der Waals surface area contributed by atoms with Crippen LogP contribution in [0.4, 0.5) is 0 Å². The summed E-state index contributed by atoms with van der Waals surface area (Å²) in [5.41, 5.74) is 1.55. The molecule has 1 atom stereocenters. The van der Waals surface area contributed by atoms with Gasteiger partial charge in [-0.15, -0.1) is 0 Å². The summed E-state index contributed by atoms with van der Waals surface area (Å²) in [6, 6.07) is 1.35. The molecule has 1 N–H and O–H groups in total. The molecule has 0 aromatic carbocycles. The Balaban J connectivity index is 0.000000461. The van der Waals surface area contributed by atoms with Gasteiger partial charge in [0.2, 0.25) is 0 Å². The Morgan fingerprint density at radius 3 is 2.43 bits per heavy atom. The van der Waals surface area contributed by atoms with E-state index in [-0.39, 0.29) is 0 Å². The zero-order chi connectivity index (χ0) is 10.4. The first-order valence-corrected chi connectivity index (χ1v) is 5.84. The fourth-order valence-corrected chi connectivity index (χ4v) is 1.78. The van der Waals surface area contributed by atoms with Crippen LogP contribution in [0.25, 0.3) is 0 Å². The zero-order valence-electron chi connectivity index (χ0n) is 9.68. The molecule has 82 valence electrons. The van der Waals surface area contributed by atoms with E-state index in [0.29, 0.717) is 12.1 Å². The zero-order valence-corrected chi connectivity index (χ0v) is 9.68. The maximum absolute atomic E-state index is 5.12. The van der Waals surface area contributed by atoms with Gasteiger partial charge in [-0.3, -0.25) is 0 Å². The van der Waals surface area contributed by atoms with Crippen molar-refractivity contribution in [1.82, 2.24) is 5.32 Å². The van der Waals surface area contributed by atoms with Crippen LogP contribution >= 0.6 is 0 Å². The third-order valence-electron chi connectivity index (χ3n) is 2.75. The SMILES string of the molecule is CC.CC1=CCC(NC2COC2)CC1. The first-order valence-electron chi connectivity index (χ1n) is 5.84. The molecule has 2 heteroatoms. The van der Waals surface area contributed by atoms with Crippen LogP contribution < -0.4 is 5.32 Å². The largest absolute Gasteiger partial charge is 0.378 e. The molecule has 0 bridgehead atoms. The summed E-state index contributed by atoms with van der Waals surface area (Å²) in [5.74, 6) is 0. The summed E-state index contributed by atoms with van der Waals surface area (Å²) in [4.78, 5) is 0. The van der Waals surface area contributed by atoms with Gasteiger partial charge in [0.25, 0.3) is 0 Å². The third kappa shape index (κ3) is 3.43. The highest BCUT2D eigenvalue weighted by Crippen LogP contribution is 2.18. The first kappa shape index (κ1) is 11.7. The van der Waals surface area contributed by atoms with E-state index in [2.05, 4.69) is 18.3 Å². The minimum absolute atomic E-state index is 0.641. The van der Waals surface area contributed by atoms with Gasteiger partial charge in [-0.2, -0.15) is 0 Å². The molecule has 2 nitrogen and oxygen atoms in total. The van der Waals surface area contributed by atoms with Gasteiger partial charge in [0, 0.05) is 6.04 Å². The molecular weight excluding hydrogens is 174 g/mol. The van der Waals surface area contributed by atoms with E-state index in [4.69, 9.17) is 4.74 Å². The van der Waals surface area contributed by atoms with Gasteiger partial charge in [-0.25, -0.2) is 0 Å². The topological polar surface area (TPSA) is 21.3 Å². The van der Waals surface area contributed by atoms with Crippen molar-refractivity contribution in [3.05, 3.63) is 11.6 Å². The van der Waals surface area contributed by atoms with Crippen LogP contribution in [0, 0.1) is 0 Å². The summed E-state index contributed by atoms with van der Waals surface area (Å²) in [5, 5.41) is 3.61. The second-order valence-corrected chi connectivity index (χ2v) is 3.92. The summed E-state index contributed by atoms with van der Waals surface area (Å²) in [7, 11) is 0. The van der Waals surface area contributed by atoms with Gasteiger partial charge in [-0.05, 0) is 26.2 Å². The summed E-state index contributed by atoms with van der Waals surface area (Å²) in [6.45, 7) is 8.06. The lowest BCUT2D eigenvalue weighted by molar-refractivity contribution is -0.0104. The Morgan fingerprint density at radius 2 is 2.00 bits per heavy atom. The highest BCUT2D eigenvalue weighted by atomic mass is 16.5. The molecule has 1 aliphatic heterocycles. The van der Waals surface area contributed by atoms with Crippen LogP contribution in [0.15, 0.2) is 11.6 Å². The molecule has 0 aromatic rings. The summed E-state index contributed by atoms with van der Waals surface area (Å²) >= 11 is 0. The van der Waals surface area contributed by atoms with Crippen molar-refractivity contribution in [2.24, 2.45) is 0 Å². The van der Waals surface area contributed by atoms with E-state index < -0.39 is 0 Å². The molecule has 0 aromatic heterocycles. The van der Waals surface area contributed by atoms with Crippen LogP contribution in [0.2, 0.25) is 0 Å². The molecule has 1 saturated heterocycles. The molecule has 1 unspecified atom stereocenters. The van der Waals surface area contributed by atoms with E-state index >= 15 is 0 Å². The Labute approximate surface area is 87.7 Å².